The highest BCUT2D eigenvalue weighted by atomic mass is 32.2. The van der Waals surface area contributed by atoms with Gasteiger partial charge in [-0.05, 0) is 44.0 Å². The summed E-state index contributed by atoms with van der Waals surface area (Å²) in [6.07, 6.45) is 3.55. The number of carbonyl (C=O) groups is 1. The van der Waals surface area contributed by atoms with Crippen LogP contribution >= 0.6 is 0 Å². The molecule has 0 spiro atoms. The molecule has 0 radical (unpaired) electrons. The van der Waals surface area contributed by atoms with Crippen molar-refractivity contribution in [3.05, 3.63) is 24.3 Å². The first-order chi connectivity index (χ1) is 9.70. The lowest BCUT2D eigenvalue weighted by Crippen LogP contribution is -2.16. The SMILES string of the molecule is CC(CCCC(C)C(=O)O)Nc1ccc(S(C)(=O)=O)cc1. The standard InChI is InChI=1S/C15H23NO4S/c1-11(15(17)18)5-4-6-12(2)16-13-7-9-14(10-8-13)21(3,19)20/h7-12,16H,4-6H2,1-3H3,(H,17,18). The van der Waals surface area contributed by atoms with E-state index in [2.05, 4.69) is 5.32 Å². The van der Waals surface area contributed by atoms with Crippen LogP contribution in [0.2, 0.25) is 0 Å². The van der Waals surface area contributed by atoms with Crippen molar-refractivity contribution >= 4 is 21.5 Å². The Balaban J connectivity index is 2.45. The molecule has 1 rings (SSSR count). The number of benzene rings is 1. The Bertz CT molecular complexity index is 566. The summed E-state index contributed by atoms with van der Waals surface area (Å²) in [6, 6.07) is 6.85. The number of carboxylic acids is 1. The molecule has 0 amide bonds. The third kappa shape index (κ3) is 6.16. The Hall–Kier alpha value is -1.56. The van der Waals surface area contributed by atoms with E-state index in [9.17, 15) is 13.2 Å². The van der Waals surface area contributed by atoms with Gasteiger partial charge in [0.2, 0.25) is 0 Å². The molecular weight excluding hydrogens is 290 g/mol. The molecule has 1 aromatic rings. The van der Waals surface area contributed by atoms with E-state index in [1.807, 2.05) is 6.92 Å². The fourth-order valence-corrected chi connectivity index (χ4v) is 2.64. The molecule has 0 fully saturated rings. The second kappa shape index (κ2) is 7.45. The maximum absolute atomic E-state index is 11.4. The summed E-state index contributed by atoms with van der Waals surface area (Å²) in [5.41, 5.74) is 0.862. The normalized spacial score (nSPS) is 14.4. The second-order valence-electron chi connectivity index (χ2n) is 5.51. The summed E-state index contributed by atoms with van der Waals surface area (Å²) < 4.78 is 22.7. The number of carboxylic acid groups (broad SMARTS) is 1. The van der Waals surface area contributed by atoms with Crippen LogP contribution in [0.5, 0.6) is 0 Å². The molecule has 0 saturated carbocycles. The van der Waals surface area contributed by atoms with Crippen molar-refractivity contribution in [3.63, 3.8) is 0 Å². The zero-order valence-corrected chi connectivity index (χ0v) is 13.5. The van der Waals surface area contributed by atoms with E-state index < -0.39 is 15.8 Å². The minimum Gasteiger partial charge on any atom is -0.481 e. The summed E-state index contributed by atoms with van der Waals surface area (Å²) in [7, 11) is -3.16. The summed E-state index contributed by atoms with van der Waals surface area (Å²) in [5.74, 6) is -1.07. The highest BCUT2D eigenvalue weighted by molar-refractivity contribution is 7.90. The zero-order chi connectivity index (χ0) is 16.0. The van der Waals surface area contributed by atoms with Crippen molar-refractivity contribution in [1.29, 1.82) is 0 Å². The monoisotopic (exact) mass is 313 g/mol. The number of sulfone groups is 1. The zero-order valence-electron chi connectivity index (χ0n) is 12.7. The van der Waals surface area contributed by atoms with Crippen LogP contribution in [0.1, 0.15) is 33.1 Å². The molecule has 6 heteroatoms. The molecule has 1 aromatic carbocycles. The maximum Gasteiger partial charge on any atom is 0.306 e. The molecule has 0 bridgehead atoms. The molecule has 118 valence electrons. The van der Waals surface area contributed by atoms with Crippen LogP contribution in [-0.2, 0) is 14.6 Å². The first-order valence-electron chi connectivity index (χ1n) is 6.99. The largest absolute Gasteiger partial charge is 0.481 e. The van der Waals surface area contributed by atoms with Crippen molar-refractivity contribution in [2.24, 2.45) is 5.92 Å². The number of hydrogen-bond donors (Lipinski definition) is 2. The van der Waals surface area contributed by atoms with Crippen molar-refractivity contribution in [1.82, 2.24) is 0 Å². The van der Waals surface area contributed by atoms with Crippen LogP contribution in [-0.4, -0.2) is 31.8 Å². The third-order valence-corrected chi connectivity index (χ3v) is 4.52. The predicted molar refractivity (Wildman–Crippen MR) is 83.3 cm³/mol. The minimum atomic E-state index is -3.16. The topological polar surface area (TPSA) is 83.5 Å². The van der Waals surface area contributed by atoms with Crippen LogP contribution in [0.25, 0.3) is 0 Å². The molecule has 21 heavy (non-hydrogen) atoms. The average molecular weight is 313 g/mol. The second-order valence-corrected chi connectivity index (χ2v) is 7.53. The minimum absolute atomic E-state index is 0.204. The Labute approximate surface area is 126 Å². The van der Waals surface area contributed by atoms with Crippen LogP contribution in [0.15, 0.2) is 29.2 Å². The lowest BCUT2D eigenvalue weighted by molar-refractivity contribution is -0.141. The fourth-order valence-electron chi connectivity index (χ4n) is 2.01. The number of nitrogens with one attached hydrogen (secondary N) is 1. The van der Waals surface area contributed by atoms with E-state index in [0.29, 0.717) is 11.3 Å². The molecule has 0 aliphatic rings. The highest BCUT2D eigenvalue weighted by Gasteiger charge is 2.11. The van der Waals surface area contributed by atoms with Crippen molar-refractivity contribution in [2.75, 3.05) is 11.6 Å². The Morgan fingerprint density at radius 1 is 1.19 bits per heavy atom. The van der Waals surface area contributed by atoms with Gasteiger partial charge in [0.25, 0.3) is 0 Å². The number of hydrogen-bond acceptors (Lipinski definition) is 4. The van der Waals surface area contributed by atoms with E-state index in [4.69, 9.17) is 5.11 Å². The van der Waals surface area contributed by atoms with Crippen LogP contribution < -0.4 is 5.32 Å². The maximum atomic E-state index is 11.4. The lowest BCUT2D eigenvalue weighted by Gasteiger charge is -2.16. The molecule has 2 N–H and O–H groups in total. The van der Waals surface area contributed by atoms with Crippen molar-refractivity contribution in [2.45, 2.75) is 44.0 Å². The van der Waals surface area contributed by atoms with Gasteiger partial charge >= 0.3 is 5.97 Å². The number of anilines is 1. The first-order valence-corrected chi connectivity index (χ1v) is 8.88. The average Bonchev–Trinajstić information content (AvgIpc) is 2.38. The van der Waals surface area contributed by atoms with Gasteiger partial charge in [-0.2, -0.15) is 0 Å². The number of rotatable bonds is 8. The Morgan fingerprint density at radius 2 is 1.76 bits per heavy atom. The Kier molecular flexibility index (Phi) is 6.20. The first kappa shape index (κ1) is 17.5. The van der Waals surface area contributed by atoms with Crippen LogP contribution in [0.3, 0.4) is 0 Å². The van der Waals surface area contributed by atoms with Gasteiger partial charge in [0.05, 0.1) is 10.8 Å². The predicted octanol–water partition coefficient (Wildman–Crippen LogP) is 2.78. The van der Waals surface area contributed by atoms with E-state index in [1.54, 1.807) is 31.2 Å². The number of aliphatic carboxylic acids is 1. The summed E-state index contributed by atoms with van der Waals surface area (Å²) in [6.45, 7) is 3.74. The smallest absolute Gasteiger partial charge is 0.306 e. The van der Waals surface area contributed by atoms with Gasteiger partial charge in [0, 0.05) is 18.0 Å². The van der Waals surface area contributed by atoms with Gasteiger partial charge in [0.15, 0.2) is 9.84 Å². The molecule has 2 atom stereocenters. The van der Waals surface area contributed by atoms with Gasteiger partial charge in [-0.3, -0.25) is 4.79 Å². The lowest BCUT2D eigenvalue weighted by atomic mass is 10.0. The van der Waals surface area contributed by atoms with Crippen molar-refractivity contribution < 1.29 is 18.3 Å². The quantitative estimate of drug-likeness (QED) is 0.771. The highest BCUT2D eigenvalue weighted by Crippen LogP contribution is 2.17. The molecule has 0 saturated heterocycles. The fraction of sp³-hybridized carbons (Fsp3) is 0.533. The molecule has 0 aromatic heterocycles. The van der Waals surface area contributed by atoms with Gasteiger partial charge in [0.1, 0.15) is 0 Å². The molecule has 0 aliphatic carbocycles. The van der Waals surface area contributed by atoms with Crippen LogP contribution in [0.4, 0.5) is 5.69 Å². The molecular formula is C15H23NO4S. The molecule has 0 heterocycles. The molecule has 0 aliphatic heterocycles. The van der Waals surface area contributed by atoms with E-state index in [0.717, 1.165) is 18.5 Å². The summed E-state index contributed by atoms with van der Waals surface area (Å²) >= 11 is 0. The summed E-state index contributed by atoms with van der Waals surface area (Å²) in [5, 5.41) is 12.1. The van der Waals surface area contributed by atoms with Gasteiger partial charge in [-0.1, -0.05) is 13.3 Å². The van der Waals surface area contributed by atoms with E-state index in [-0.39, 0.29) is 12.0 Å². The molecule has 5 nitrogen and oxygen atoms in total. The summed E-state index contributed by atoms with van der Waals surface area (Å²) in [4.78, 5) is 11.0. The van der Waals surface area contributed by atoms with Gasteiger partial charge in [-0.15, -0.1) is 0 Å². The third-order valence-electron chi connectivity index (χ3n) is 3.39. The van der Waals surface area contributed by atoms with Crippen molar-refractivity contribution in [3.8, 4) is 0 Å². The van der Waals surface area contributed by atoms with E-state index >= 15 is 0 Å². The van der Waals surface area contributed by atoms with E-state index in [1.165, 1.54) is 6.26 Å². The van der Waals surface area contributed by atoms with Crippen LogP contribution in [0, 0.1) is 5.92 Å². The molecule has 2 unspecified atom stereocenters. The Morgan fingerprint density at radius 3 is 2.24 bits per heavy atom. The van der Waals surface area contributed by atoms with Gasteiger partial charge in [-0.25, -0.2) is 8.42 Å². The van der Waals surface area contributed by atoms with Gasteiger partial charge < -0.3 is 10.4 Å².